The number of benzene rings is 1. The molecule has 1 aromatic rings. The molecule has 1 aromatic carbocycles. The highest BCUT2D eigenvalue weighted by atomic mass is 32.2. The molecule has 210 valence electrons. The van der Waals surface area contributed by atoms with Gasteiger partial charge in [-0.1, -0.05) is 36.9 Å². The summed E-state index contributed by atoms with van der Waals surface area (Å²) in [6.07, 6.45) is -16.9. The zero-order valence-electron chi connectivity index (χ0n) is 18.0. The highest BCUT2D eigenvalue weighted by molar-refractivity contribution is 7.87. The Morgan fingerprint density at radius 3 is 1.86 bits per heavy atom. The molecule has 18 heteroatoms. The van der Waals surface area contributed by atoms with E-state index in [9.17, 15) is 61.9 Å². The van der Waals surface area contributed by atoms with E-state index in [0.717, 1.165) is 12.1 Å². The van der Waals surface area contributed by atoms with Gasteiger partial charge in [-0.25, -0.2) is 4.79 Å². The number of ether oxygens (including phenoxy) is 2. The molecule has 0 saturated carbocycles. The first-order valence-corrected chi connectivity index (χ1v) is 10.9. The molecule has 37 heavy (non-hydrogen) atoms. The Balaban J connectivity index is 3.33. The first-order chi connectivity index (χ1) is 16.5. The van der Waals surface area contributed by atoms with Crippen molar-refractivity contribution in [2.45, 2.75) is 48.6 Å². The van der Waals surface area contributed by atoms with Crippen LogP contribution < -0.4 is 0 Å². The van der Waals surface area contributed by atoms with Crippen LogP contribution in [0.2, 0.25) is 0 Å². The van der Waals surface area contributed by atoms with Gasteiger partial charge in [0.1, 0.15) is 5.57 Å². The highest BCUT2D eigenvalue weighted by Gasteiger charge is 2.67. The Labute approximate surface area is 201 Å². The number of Topliss-reactive ketones (excluding diaryl/α,β-unsaturated/α-hetero) is 1. The fourth-order valence-corrected chi connectivity index (χ4v) is 2.99. The van der Waals surface area contributed by atoms with E-state index in [-0.39, 0.29) is 5.56 Å². The molecule has 0 aromatic heterocycles. The summed E-state index contributed by atoms with van der Waals surface area (Å²) in [6.45, 7) is 0.429. The van der Waals surface area contributed by atoms with Gasteiger partial charge < -0.3 is 9.47 Å². The van der Waals surface area contributed by atoms with Gasteiger partial charge >= 0.3 is 45.4 Å². The zero-order valence-corrected chi connectivity index (χ0v) is 18.8. The van der Waals surface area contributed by atoms with E-state index in [1.165, 1.54) is 18.2 Å². The molecule has 0 amide bonds. The molecule has 0 aliphatic heterocycles. The molecular formula is C19H16F10O7S. The highest BCUT2D eigenvalue weighted by Crippen LogP contribution is 2.42. The van der Waals surface area contributed by atoms with Gasteiger partial charge in [0.05, 0.1) is 6.61 Å². The molecule has 1 unspecified atom stereocenters. The molecule has 0 radical (unpaired) electrons. The summed E-state index contributed by atoms with van der Waals surface area (Å²) in [7, 11) is -6.68. The van der Waals surface area contributed by atoms with Crippen LogP contribution in [0.25, 0.3) is 0 Å². The van der Waals surface area contributed by atoms with Crippen LogP contribution in [0.3, 0.4) is 0 Å². The number of hydrogen-bond acceptors (Lipinski definition) is 6. The van der Waals surface area contributed by atoms with Crippen molar-refractivity contribution < 1.29 is 75.9 Å². The number of ketones is 1. The Kier molecular flexibility index (Phi) is 9.55. The fourth-order valence-electron chi connectivity index (χ4n) is 2.51. The summed E-state index contributed by atoms with van der Waals surface area (Å²) in [6, 6.07) is 6.04. The third-order valence-corrected chi connectivity index (χ3v) is 5.41. The van der Waals surface area contributed by atoms with Crippen LogP contribution in [0.15, 0.2) is 42.5 Å². The van der Waals surface area contributed by atoms with Crippen molar-refractivity contribution in [2.24, 2.45) is 0 Å². The van der Waals surface area contributed by atoms with Gasteiger partial charge in [-0.2, -0.15) is 52.3 Å². The first-order valence-electron chi connectivity index (χ1n) is 9.49. The fraction of sp³-hybridized carbons (Fsp3) is 0.474. The van der Waals surface area contributed by atoms with Crippen LogP contribution in [0, 0.1) is 0 Å². The van der Waals surface area contributed by atoms with E-state index in [1.807, 2.05) is 0 Å². The van der Waals surface area contributed by atoms with Gasteiger partial charge in [0.25, 0.3) is 0 Å². The number of carbonyl (C=O) groups excluding carboxylic acids is 2. The van der Waals surface area contributed by atoms with E-state index in [2.05, 4.69) is 16.1 Å². The van der Waals surface area contributed by atoms with E-state index in [1.54, 1.807) is 0 Å². The Morgan fingerprint density at radius 2 is 1.43 bits per heavy atom. The molecule has 0 aliphatic carbocycles. The van der Waals surface area contributed by atoms with Crippen LogP contribution in [0.4, 0.5) is 43.9 Å². The molecule has 0 saturated heterocycles. The van der Waals surface area contributed by atoms with Crippen molar-refractivity contribution in [3.8, 4) is 0 Å². The lowest BCUT2D eigenvalue weighted by molar-refractivity contribution is -0.347. The summed E-state index contributed by atoms with van der Waals surface area (Å²) in [5.74, 6) is -15.5. The van der Waals surface area contributed by atoms with Crippen molar-refractivity contribution in [1.82, 2.24) is 0 Å². The smallest absolute Gasteiger partial charge is 0.413 e. The maximum atomic E-state index is 13.9. The van der Waals surface area contributed by atoms with Gasteiger partial charge in [0.2, 0.25) is 5.78 Å². The van der Waals surface area contributed by atoms with Crippen LogP contribution in [-0.4, -0.2) is 60.6 Å². The maximum absolute atomic E-state index is 13.9. The lowest BCUT2D eigenvalue weighted by atomic mass is 10.0. The van der Waals surface area contributed by atoms with E-state index in [4.69, 9.17) is 4.55 Å². The SMILES string of the molecule is C=C(C(=O)OC(OCCCC(F)(F)C(F)(F)S(=O)(=O)O)(C(=O)Cc1ccccc1)C(F)(F)F)C(F)(F)F. The largest absolute Gasteiger partial charge is 0.464 e. The molecule has 1 rings (SSSR count). The predicted octanol–water partition coefficient (Wildman–Crippen LogP) is 4.63. The number of alkyl halides is 10. The van der Waals surface area contributed by atoms with E-state index >= 15 is 0 Å². The summed E-state index contributed by atoms with van der Waals surface area (Å²) in [5.41, 5.74) is -2.69. The maximum Gasteiger partial charge on any atom is 0.464 e. The van der Waals surface area contributed by atoms with Gasteiger partial charge in [0, 0.05) is 12.8 Å². The summed E-state index contributed by atoms with van der Waals surface area (Å²) in [4.78, 5) is 24.3. The zero-order chi connectivity index (χ0) is 29.1. The summed E-state index contributed by atoms with van der Waals surface area (Å²) in [5, 5.41) is -6.08. The monoisotopic (exact) mass is 578 g/mol. The van der Waals surface area contributed by atoms with E-state index in [0.29, 0.717) is 0 Å². The summed E-state index contributed by atoms with van der Waals surface area (Å²) < 4.78 is 171. The molecule has 0 aliphatic rings. The van der Waals surface area contributed by atoms with Crippen LogP contribution in [-0.2, 0) is 35.6 Å². The van der Waals surface area contributed by atoms with Gasteiger partial charge in [-0.15, -0.1) is 0 Å². The van der Waals surface area contributed by atoms with Gasteiger partial charge in [0.15, 0.2) is 0 Å². The second kappa shape index (κ2) is 10.9. The topological polar surface area (TPSA) is 107 Å². The van der Waals surface area contributed by atoms with Crippen molar-refractivity contribution in [2.75, 3.05) is 6.61 Å². The normalized spacial score (nSPS) is 15.1. The van der Waals surface area contributed by atoms with Gasteiger partial charge in [-0.3, -0.25) is 9.35 Å². The molecule has 1 N–H and O–H groups in total. The van der Waals surface area contributed by atoms with Crippen molar-refractivity contribution in [1.29, 1.82) is 0 Å². The third kappa shape index (κ3) is 7.41. The minimum Gasteiger partial charge on any atom is -0.413 e. The molecule has 0 bridgehead atoms. The third-order valence-electron chi connectivity index (χ3n) is 4.46. The van der Waals surface area contributed by atoms with Crippen LogP contribution >= 0.6 is 0 Å². The van der Waals surface area contributed by atoms with E-state index < -0.39 is 82.6 Å². The van der Waals surface area contributed by atoms with Crippen molar-refractivity contribution in [3.63, 3.8) is 0 Å². The van der Waals surface area contributed by atoms with Crippen LogP contribution in [0.1, 0.15) is 18.4 Å². The lowest BCUT2D eigenvalue weighted by Gasteiger charge is -2.34. The number of halogens is 10. The number of hydrogen-bond donors (Lipinski definition) is 1. The number of carbonyl (C=O) groups is 2. The molecular weight excluding hydrogens is 562 g/mol. The van der Waals surface area contributed by atoms with Crippen molar-refractivity contribution in [3.05, 3.63) is 48.0 Å². The Bertz CT molecular complexity index is 1100. The molecule has 7 nitrogen and oxygen atoms in total. The number of rotatable bonds is 12. The Hall–Kier alpha value is -2.73. The second-order valence-corrected chi connectivity index (χ2v) is 8.68. The molecule has 1 atom stereocenters. The second-order valence-electron chi connectivity index (χ2n) is 7.21. The quantitative estimate of drug-likeness (QED) is 0.0963. The standard InChI is InChI=1S/C19H16F10O7S/c1-11(17(22,23)24)14(31)36-16(18(25,26)27,13(30)10-12-6-3-2-4-7-12)35-9-5-8-15(20,21)19(28,29)37(32,33)34/h2-4,6-7H,1,5,8-10H2,(H,32,33,34). The molecule has 0 heterocycles. The average molecular weight is 578 g/mol. The molecule has 0 fully saturated rings. The Morgan fingerprint density at radius 1 is 0.919 bits per heavy atom. The van der Waals surface area contributed by atoms with Crippen LogP contribution in [0.5, 0.6) is 0 Å². The minimum atomic E-state index is -6.68. The van der Waals surface area contributed by atoms with Crippen molar-refractivity contribution >= 4 is 21.9 Å². The average Bonchev–Trinajstić information content (AvgIpc) is 2.73. The lowest BCUT2D eigenvalue weighted by Crippen LogP contribution is -2.58. The first kappa shape index (κ1) is 32.3. The predicted molar refractivity (Wildman–Crippen MR) is 102 cm³/mol. The number of esters is 1. The van der Waals surface area contributed by atoms with Gasteiger partial charge in [-0.05, 0) is 12.0 Å². The molecule has 0 spiro atoms. The summed E-state index contributed by atoms with van der Waals surface area (Å²) >= 11 is 0. The minimum absolute atomic E-state index is 0.185.